The van der Waals surface area contributed by atoms with E-state index in [2.05, 4.69) is 15.5 Å². The molecule has 0 bridgehead atoms. The number of carbonyl (C=O) groups is 2. The van der Waals surface area contributed by atoms with Gasteiger partial charge >= 0.3 is 0 Å². The van der Waals surface area contributed by atoms with Crippen LogP contribution in [0.4, 0.5) is 11.4 Å². The number of carbonyl (C=O) groups excluding carboxylic acids is 2. The van der Waals surface area contributed by atoms with Crippen molar-refractivity contribution in [3.05, 3.63) is 51.9 Å². The van der Waals surface area contributed by atoms with Gasteiger partial charge in [-0.3, -0.25) is 14.4 Å². The zero-order valence-corrected chi connectivity index (χ0v) is 13.0. The van der Waals surface area contributed by atoms with E-state index in [1.54, 1.807) is 30.1 Å². The van der Waals surface area contributed by atoms with Crippen molar-refractivity contribution in [3.63, 3.8) is 0 Å². The molecule has 2 aromatic rings. The number of fused-ring (bicyclic) bond motifs is 1. The minimum atomic E-state index is -0.638. The first-order valence-electron chi connectivity index (χ1n) is 7.10. The van der Waals surface area contributed by atoms with Gasteiger partial charge in [0.15, 0.2) is 0 Å². The summed E-state index contributed by atoms with van der Waals surface area (Å²) in [6.07, 6.45) is 0. The average molecular weight is 312 g/mol. The van der Waals surface area contributed by atoms with Crippen LogP contribution >= 0.6 is 0 Å². The molecule has 0 atom stereocenters. The fraction of sp³-hybridized carbons (Fsp3) is 0.250. The third-order valence-electron chi connectivity index (χ3n) is 4.04. The molecule has 0 aliphatic carbocycles. The summed E-state index contributed by atoms with van der Waals surface area (Å²) in [6, 6.07) is 7.91. The third-order valence-corrected chi connectivity index (χ3v) is 4.04. The first kappa shape index (κ1) is 15.0. The molecule has 0 saturated heterocycles. The zero-order valence-electron chi connectivity index (χ0n) is 13.0. The Balaban J connectivity index is 1.90. The second-order valence-electron chi connectivity index (χ2n) is 5.98. The van der Waals surface area contributed by atoms with Crippen LogP contribution in [0.25, 0.3) is 0 Å². The first-order chi connectivity index (χ1) is 10.8. The van der Waals surface area contributed by atoms with Crippen molar-refractivity contribution in [1.29, 1.82) is 0 Å². The summed E-state index contributed by atoms with van der Waals surface area (Å²) in [5.41, 5.74) is 1.36. The Bertz CT molecular complexity index is 849. The van der Waals surface area contributed by atoms with Gasteiger partial charge in [0.25, 0.3) is 11.5 Å². The van der Waals surface area contributed by atoms with Crippen molar-refractivity contribution < 1.29 is 9.59 Å². The molecule has 2 amide bonds. The molecule has 2 heterocycles. The molecule has 3 rings (SSSR count). The molecule has 118 valence electrons. The summed E-state index contributed by atoms with van der Waals surface area (Å²) in [7, 11) is 1.73. The van der Waals surface area contributed by atoms with Gasteiger partial charge in [-0.15, -0.1) is 0 Å². The maximum absolute atomic E-state index is 12.3. The van der Waals surface area contributed by atoms with E-state index in [4.69, 9.17) is 0 Å². The van der Waals surface area contributed by atoms with Crippen molar-refractivity contribution in [2.24, 2.45) is 0 Å². The second kappa shape index (κ2) is 5.05. The molecule has 1 aliphatic heterocycles. The number of aromatic amines is 1. The molecule has 0 unspecified atom stereocenters. The van der Waals surface area contributed by atoms with E-state index in [1.807, 2.05) is 13.8 Å². The molecular weight excluding hydrogens is 296 g/mol. The van der Waals surface area contributed by atoms with Crippen LogP contribution in [0.1, 0.15) is 29.9 Å². The van der Waals surface area contributed by atoms with Crippen LogP contribution in [0.5, 0.6) is 0 Å². The van der Waals surface area contributed by atoms with Gasteiger partial charge in [-0.05, 0) is 43.7 Å². The first-order valence-corrected chi connectivity index (χ1v) is 7.10. The molecule has 0 spiro atoms. The van der Waals surface area contributed by atoms with E-state index in [0.29, 0.717) is 5.69 Å². The lowest BCUT2D eigenvalue weighted by molar-refractivity contribution is -0.121. The van der Waals surface area contributed by atoms with Gasteiger partial charge in [-0.2, -0.15) is 5.10 Å². The summed E-state index contributed by atoms with van der Waals surface area (Å²) < 4.78 is 0. The van der Waals surface area contributed by atoms with E-state index in [-0.39, 0.29) is 17.2 Å². The van der Waals surface area contributed by atoms with Gasteiger partial charge in [0.1, 0.15) is 5.69 Å². The average Bonchev–Trinajstić information content (AvgIpc) is 2.69. The summed E-state index contributed by atoms with van der Waals surface area (Å²) >= 11 is 0. The van der Waals surface area contributed by atoms with Gasteiger partial charge in [-0.25, -0.2) is 5.10 Å². The Morgan fingerprint density at radius 2 is 1.96 bits per heavy atom. The molecule has 7 heteroatoms. The number of H-pyrrole nitrogens is 1. The summed E-state index contributed by atoms with van der Waals surface area (Å²) in [4.78, 5) is 37.0. The summed E-state index contributed by atoms with van der Waals surface area (Å²) in [5, 5.41) is 8.62. The number of rotatable bonds is 2. The fourth-order valence-corrected chi connectivity index (χ4v) is 2.72. The highest BCUT2D eigenvalue weighted by atomic mass is 16.2. The number of hydrogen-bond donors (Lipinski definition) is 2. The molecule has 0 radical (unpaired) electrons. The van der Waals surface area contributed by atoms with E-state index >= 15 is 0 Å². The fourth-order valence-electron chi connectivity index (χ4n) is 2.72. The number of nitrogens with one attached hydrogen (secondary N) is 2. The number of hydrogen-bond acceptors (Lipinski definition) is 4. The number of aromatic nitrogens is 2. The van der Waals surface area contributed by atoms with Crippen LogP contribution in [-0.4, -0.2) is 29.1 Å². The Hall–Kier alpha value is -2.96. The zero-order chi connectivity index (χ0) is 16.8. The van der Waals surface area contributed by atoms with Gasteiger partial charge in [-0.1, -0.05) is 0 Å². The Morgan fingerprint density at radius 1 is 1.22 bits per heavy atom. The van der Waals surface area contributed by atoms with Crippen molar-refractivity contribution in [3.8, 4) is 0 Å². The Kier molecular flexibility index (Phi) is 3.28. The van der Waals surface area contributed by atoms with Crippen LogP contribution in [0.15, 0.2) is 35.1 Å². The van der Waals surface area contributed by atoms with Crippen LogP contribution < -0.4 is 15.8 Å². The Morgan fingerprint density at radius 3 is 2.61 bits per heavy atom. The van der Waals surface area contributed by atoms with E-state index in [0.717, 1.165) is 11.3 Å². The third kappa shape index (κ3) is 2.40. The lowest BCUT2D eigenvalue weighted by atomic mass is 9.86. The van der Waals surface area contributed by atoms with Crippen LogP contribution in [0.3, 0.4) is 0 Å². The van der Waals surface area contributed by atoms with Crippen LogP contribution in [0, 0.1) is 0 Å². The van der Waals surface area contributed by atoms with Crippen molar-refractivity contribution in [2.75, 3.05) is 17.3 Å². The molecule has 1 aliphatic rings. The Labute approximate surface area is 132 Å². The maximum Gasteiger partial charge on any atom is 0.276 e. The molecule has 0 fully saturated rings. The predicted molar refractivity (Wildman–Crippen MR) is 85.7 cm³/mol. The van der Waals surface area contributed by atoms with Gasteiger partial charge in [0.05, 0.1) is 5.41 Å². The largest absolute Gasteiger partial charge is 0.321 e. The summed E-state index contributed by atoms with van der Waals surface area (Å²) in [5.74, 6) is -0.421. The normalized spacial score (nSPS) is 15.4. The standard InChI is InChI=1S/C16H16N4O3/c1-16(2)10-8-9(4-6-12(10)20(3)15(16)23)17-14(22)11-5-7-13(21)19-18-11/h4-8H,1-3H3,(H,17,22)(H,19,21). The molecular formula is C16H16N4O3. The van der Waals surface area contributed by atoms with Gasteiger partial charge < -0.3 is 10.2 Å². The number of benzene rings is 1. The molecule has 2 N–H and O–H groups in total. The minimum Gasteiger partial charge on any atom is -0.321 e. The predicted octanol–water partition coefficient (Wildman–Crippen LogP) is 1.28. The highest BCUT2D eigenvalue weighted by molar-refractivity contribution is 6.08. The van der Waals surface area contributed by atoms with E-state index in [9.17, 15) is 14.4 Å². The minimum absolute atomic E-state index is 0.0123. The number of anilines is 2. The smallest absolute Gasteiger partial charge is 0.276 e. The highest BCUT2D eigenvalue weighted by Gasteiger charge is 2.42. The topological polar surface area (TPSA) is 95.2 Å². The molecule has 1 aromatic carbocycles. The van der Waals surface area contributed by atoms with E-state index < -0.39 is 11.3 Å². The van der Waals surface area contributed by atoms with Crippen LogP contribution in [0.2, 0.25) is 0 Å². The second-order valence-corrected chi connectivity index (χ2v) is 5.98. The molecule has 0 saturated carbocycles. The molecule has 23 heavy (non-hydrogen) atoms. The van der Waals surface area contributed by atoms with Crippen molar-refractivity contribution >= 4 is 23.2 Å². The highest BCUT2D eigenvalue weighted by Crippen LogP contribution is 2.41. The SMILES string of the molecule is CN1C(=O)C(C)(C)c2cc(NC(=O)c3ccc(=O)[nH]n3)ccc21. The van der Waals surface area contributed by atoms with Crippen LogP contribution in [-0.2, 0) is 10.2 Å². The number of amides is 2. The lowest BCUT2D eigenvalue weighted by Gasteiger charge is -2.16. The summed E-state index contributed by atoms with van der Waals surface area (Å²) in [6.45, 7) is 3.71. The number of nitrogens with zero attached hydrogens (tertiary/aromatic N) is 2. The monoisotopic (exact) mass is 312 g/mol. The molecule has 1 aromatic heterocycles. The number of likely N-dealkylation sites (N-methyl/N-ethyl adjacent to an activating group) is 1. The maximum atomic E-state index is 12.3. The lowest BCUT2D eigenvalue weighted by Crippen LogP contribution is -2.33. The van der Waals surface area contributed by atoms with Crippen molar-refractivity contribution in [2.45, 2.75) is 19.3 Å². The van der Waals surface area contributed by atoms with E-state index in [1.165, 1.54) is 12.1 Å². The molecule has 7 nitrogen and oxygen atoms in total. The van der Waals surface area contributed by atoms with Gasteiger partial charge in [0.2, 0.25) is 5.91 Å². The quantitative estimate of drug-likeness (QED) is 0.873. The van der Waals surface area contributed by atoms with Crippen molar-refractivity contribution in [1.82, 2.24) is 10.2 Å². The van der Waals surface area contributed by atoms with Gasteiger partial charge in [0, 0.05) is 24.5 Å².